The first-order valence-electron chi connectivity index (χ1n) is 7.39. The van der Waals surface area contributed by atoms with Gasteiger partial charge in [-0.25, -0.2) is 0 Å². The van der Waals surface area contributed by atoms with Crippen molar-refractivity contribution in [1.29, 1.82) is 0 Å². The molecule has 3 nitrogen and oxygen atoms in total. The van der Waals surface area contributed by atoms with E-state index in [2.05, 4.69) is 36.1 Å². The average Bonchev–Trinajstić information content (AvgIpc) is 3.00. The maximum absolute atomic E-state index is 6.18. The summed E-state index contributed by atoms with van der Waals surface area (Å²) in [6.45, 7) is 5.85. The van der Waals surface area contributed by atoms with Gasteiger partial charge in [0.25, 0.3) is 0 Å². The molecule has 19 heavy (non-hydrogen) atoms. The first-order valence-corrected chi connectivity index (χ1v) is 7.39. The largest absolute Gasteiger partial charge is 0.381 e. The van der Waals surface area contributed by atoms with E-state index in [9.17, 15) is 0 Å². The van der Waals surface area contributed by atoms with Gasteiger partial charge in [0.15, 0.2) is 0 Å². The van der Waals surface area contributed by atoms with E-state index in [1.54, 1.807) is 0 Å². The molecule has 2 heterocycles. The fourth-order valence-corrected chi connectivity index (χ4v) is 3.59. The molecule has 0 spiro atoms. The number of nitrogens with zero attached hydrogens (tertiary/aromatic N) is 1. The number of aryl methyl sites for hydroxylation is 1. The van der Waals surface area contributed by atoms with Crippen LogP contribution in [-0.4, -0.2) is 31.8 Å². The smallest absolute Gasteiger partial charge is 0.0547 e. The molecule has 0 radical (unpaired) electrons. The number of hydrogen-bond acceptors (Lipinski definition) is 3. The van der Waals surface area contributed by atoms with Crippen molar-refractivity contribution in [1.82, 2.24) is 0 Å². The molecule has 1 aromatic rings. The highest BCUT2D eigenvalue weighted by Gasteiger charge is 2.41. The third-order valence-electron chi connectivity index (χ3n) is 4.95. The van der Waals surface area contributed by atoms with E-state index in [-0.39, 0.29) is 5.54 Å². The number of rotatable bonds is 3. The first-order chi connectivity index (χ1) is 9.25. The Labute approximate surface area is 115 Å². The monoisotopic (exact) mass is 260 g/mol. The Morgan fingerprint density at radius 1 is 1.42 bits per heavy atom. The summed E-state index contributed by atoms with van der Waals surface area (Å²) < 4.78 is 5.60. The zero-order valence-electron chi connectivity index (χ0n) is 11.8. The number of nitrogens with two attached hydrogens (primary N) is 1. The number of para-hydroxylation sites is 1. The van der Waals surface area contributed by atoms with Crippen LogP contribution in [0.25, 0.3) is 0 Å². The van der Waals surface area contributed by atoms with Crippen LogP contribution in [0, 0.1) is 5.92 Å². The summed E-state index contributed by atoms with van der Waals surface area (Å²) in [7, 11) is 0. The third-order valence-corrected chi connectivity index (χ3v) is 4.95. The molecule has 0 aromatic heterocycles. The maximum Gasteiger partial charge on any atom is 0.0547 e. The Kier molecular flexibility index (Phi) is 3.50. The topological polar surface area (TPSA) is 38.5 Å². The quantitative estimate of drug-likeness (QED) is 0.905. The molecule has 3 rings (SSSR count). The molecule has 2 unspecified atom stereocenters. The zero-order chi connectivity index (χ0) is 13.3. The second kappa shape index (κ2) is 5.14. The predicted octanol–water partition coefficient (Wildman–Crippen LogP) is 2.19. The Morgan fingerprint density at radius 2 is 2.26 bits per heavy atom. The second-order valence-corrected chi connectivity index (χ2v) is 6.01. The standard InChI is InChI=1S/C16H24N2O/c1-16(12-17,14-8-10-19-11-14)18-9-4-6-13-5-2-3-7-15(13)18/h2-3,5,7,14H,4,6,8-12,17H2,1H3. The molecule has 2 aliphatic rings. The fourth-order valence-electron chi connectivity index (χ4n) is 3.59. The maximum atomic E-state index is 6.18. The van der Waals surface area contributed by atoms with Gasteiger partial charge in [-0.05, 0) is 37.8 Å². The summed E-state index contributed by atoms with van der Waals surface area (Å²) in [4.78, 5) is 2.55. The van der Waals surface area contributed by atoms with Crippen molar-refractivity contribution in [3.63, 3.8) is 0 Å². The summed E-state index contributed by atoms with van der Waals surface area (Å²) in [5.41, 5.74) is 9.05. The Morgan fingerprint density at radius 3 is 3.00 bits per heavy atom. The number of hydrogen-bond donors (Lipinski definition) is 1. The van der Waals surface area contributed by atoms with Crippen LogP contribution in [0.3, 0.4) is 0 Å². The Hall–Kier alpha value is -1.06. The van der Waals surface area contributed by atoms with Gasteiger partial charge in [0.1, 0.15) is 0 Å². The van der Waals surface area contributed by atoms with Crippen LogP contribution in [0.5, 0.6) is 0 Å². The van der Waals surface area contributed by atoms with Crippen molar-refractivity contribution in [2.45, 2.75) is 31.7 Å². The van der Waals surface area contributed by atoms with Crippen molar-refractivity contribution in [3.05, 3.63) is 29.8 Å². The van der Waals surface area contributed by atoms with Gasteiger partial charge in [0.05, 0.1) is 12.1 Å². The van der Waals surface area contributed by atoms with Crippen LogP contribution in [-0.2, 0) is 11.2 Å². The molecule has 0 aliphatic carbocycles. The lowest BCUT2D eigenvalue weighted by molar-refractivity contribution is 0.164. The van der Waals surface area contributed by atoms with Gasteiger partial charge in [-0.3, -0.25) is 0 Å². The third kappa shape index (κ3) is 2.15. The van der Waals surface area contributed by atoms with Gasteiger partial charge < -0.3 is 15.4 Å². The summed E-state index contributed by atoms with van der Waals surface area (Å²) in [5, 5.41) is 0. The van der Waals surface area contributed by atoms with E-state index in [1.807, 2.05) is 0 Å². The summed E-state index contributed by atoms with van der Waals surface area (Å²) in [6.07, 6.45) is 3.54. The molecule has 1 aromatic carbocycles. The summed E-state index contributed by atoms with van der Waals surface area (Å²) in [6, 6.07) is 8.78. The van der Waals surface area contributed by atoms with Crippen LogP contribution in [0.15, 0.2) is 24.3 Å². The summed E-state index contributed by atoms with van der Waals surface area (Å²) in [5.74, 6) is 0.545. The van der Waals surface area contributed by atoms with Crippen LogP contribution in [0.2, 0.25) is 0 Å². The van der Waals surface area contributed by atoms with Crippen molar-refractivity contribution in [2.24, 2.45) is 11.7 Å². The molecule has 104 valence electrons. The van der Waals surface area contributed by atoms with E-state index in [0.717, 1.165) is 26.2 Å². The average molecular weight is 260 g/mol. The summed E-state index contributed by atoms with van der Waals surface area (Å²) >= 11 is 0. The van der Waals surface area contributed by atoms with E-state index in [4.69, 9.17) is 10.5 Å². The highest BCUT2D eigenvalue weighted by molar-refractivity contribution is 5.57. The Balaban J connectivity index is 1.96. The van der Waals surface area contributed by atoms with E-state index in [0.29, 0.717) is 12.5 Å². The van der Waals surface area contributed by atoms with Crippen LogP contribution in [0.4, 0.5) is 5.69 Å². The van der Waals surface area contributed by atoms with Crippen molar-refractivity contribution >= 4 is 5.69 Å². The number of ether oxygens (including phenoxy) is 1. The van der Waals surface area contributed by atoms with Crippen molar-refractivity contribution < 1.29 is 4.74 Å². The van der Waals surface area contributed by atoms with Gasteiger partial charge >= 0.3 is 0 Å². The minimum atomic E-state index is 0.0209. The van der Waals surface area contributed by atoms with Gasteiger partial charge in [-0.15, -0.1) is 0 Å². The number of anilines is 1. The number of benzene rings is 1. The molecule has 2 N–H and O–H groups in total. The minimum Gasteiger partial charge on any atom is -0.381 e. The molecule has 0 amide bonds. The van der Waals surface area contributed by atoms with Gasteiger partial charge in [-0.1, -0.05) is 18.2 Å². The minimum absolute atomic E-state index is 0.0209. The molecule has 2 atom stereocenters. The number of fused-ring (bicyclic) bond motifs is 1. The van der Waals surface area contributed by atoms with E-state index in [1.165, 1.54) is 24.1 Å². The molecular weight excluding hydrogens is 236 g/mol. The van der Waals surface area contributed by atoms with Crippen LogP contribution < -0.4 is 10.6 Å². The molecule has 0 saturated carbocycles. The van der Waals surface area contributed by atoms with Crippen LogP contribution >= 0.6 is 0 Å². The molecule has 3 heteroatoms. The lowest BCUT2D eigenvalue weighted by Gasteiger charge is -2.48. The normalized spacial score (nSPS) is 26.0. The Bertz CT molecular complexity index is 442. The van der Waals surface area contributed by atoms with E-state index >= 15 is 0 Å². The fraction of sp³-hybridized carbons (Fsp3) is 0.625. The van der Waals surface area contributed by atoms with Crippen molar-refractivity contribution in [2.75, 3.05) is 31.2 Å². The van der Waals surface area contributed by atoms with Crippen molar-refractivity contribution in [3.8, 4) is 0 Å². The SMILES string of the molecule is CC(CN)(C1CCOC1)N1CCCc2ccccc21. The predicted molar refractivity (Wildman–Crippen MR) is 78.5 cm³/mol. The van der Waals surface area contributed by atoms with Gasteiger partial charge in [0.2, 0.25) is 0 Å². The molecule has 1 fully saturated rings. The molecular formula is C16H24N2O. The zero-order valence-corrected chi connectivity index (χ0v) is 11.8. The molecule has 2 aliphatic heterocycles. The lowest BCUT2D eigenvalue weighted by atomic mass is 9.81. The molecule has 0 bridgehead atoms. The van der Waals surface area contributed by atoms with Gasteiger partial charge in [0, 0.05) is 31.3 Å². The lowest BCUT2D eigenvalue weighted by Crippen LogP contribution is -2.58. The highest BCUT2D eigenvalue weighted by atomic mass is 16.5. The van der Waals surface area contributed by atoms with Gasteiger partial charge in [-0.2, -0.15) is 0 Å². The first kappa shape index (κ1) is 12.9. The second-order valence-electron chi connectivity index (χ2n) is 6.01. The molecule has 1 saturated heterocycles. The van der Waals surface area contributed by atoms with E-state index < -0.39 is 0 Å². The van der Waals surface area contributed by atoms with Crippen LogP contribution in [0.1, 0.15) is 25.3 Å². The highest BCUT2D eigenvalue weighted by Crippen LogP contribution is 2.38.